The second-order valence-electron chi connectivity index (χ2n) is 6.75. The van der Waals surface area contributed by atoms with Crippen LogP contribution in [0.3, 0.4) is 0 Å². The summed E-state index contributed by atoms with van der Waals surface area (Å²) in [6.07, 6.45) is 3.42. The SMILES string of the molecule is CP(C)(=O)c1ccccc1Nc1nc(Nc2cccc3[nH]ccc23)ncc1Cl. The topological polar surface area (TPSA) is 82.7 Å². The normalized spacial score (nSPS) is 11.5. The predicted molar refractivity (Wildman–Crippen MR) is 117 cm³/mol. The number of para-hydroxylation sites is 1. The van der Waals surface area contributed by atoms with Crippen molar-refractivity contribution >= 4 is 58.1 Å². The van der Waals surface area contributed by atoms with Crippen molar-refractivity contribution in [3.8, 4) is 0 Å². The van der Waals surface area contributed by atoms with Gasteiger partial charge < -0.3 is 20.2 Å². The van der Waals surface area contributed by atoms with Crippen LogP contribution in [0.4, 0.5) is 23.1 Å². The van der Waals surface area contributed by atoms with E-state index < -0.39 is 7.14 Å². The van der Waals surface area contributed by atoms with E-state index in [4.69, 9.17) is 11.6 Å². The molecule has 0 atom stereocenters. The molecule has 2 heterocycles. The lowest BCUT2D eigenvalue weighted by Crippen LogP contribution is -2.10. The van der Waals surface area contributed by atoms with E-state index in [0.717, 1.165) is 27.6 Å². The number of nitrogens with zero attached hydrogens (tertiary/aromatic N) is 2. The zero-order valence-electron chi connectivity index (χ0n) is 15.4. The molecule has 0 radical (unpaired) electrons. The van der Waals surface area contributed by atoms with Gasteiger partial charge in [0.2, 0.25) is 5.95 Å². The molecule has 2 aromatic heterocycles. The smallest absolute Gasteiger partial charge is 0.229 e. The number of anilines is 4. The Labute approximate surface area is 167 Å². The molecule has 0 amide bonds. The summed E-state index contributed by atoms with van der Waals surface area (Å²) in [5.41, 5.74) is 2.63. The van der Waals surface area contributed by atoms with Gasteiger partial charge in [-0.15, -0.1) is 0 Å². The Balaban J connectivity index is 1.67. The molecule has 142 valence electrons. The van der Waals surface area contributed by atoms with E-state index in [1.165, 1.54) is 6.20 Å². The Kier molecular flexibility index (Phi) is 4.84. The highest BCUT2D eigenvalue weighted by Gasteiger charge is 2.17. The fourth-order valence-electron chi connectivity index (χ4n) is 3.01. The summed E-state index contributed by atoms with van der Waals surface area (Å²) in [6.45, 7) is 3.47. The molecule has 2 aromatic carbocycles. The van der Waals surface area contributed by atoms with Crippen LogP contribution in [0.25, 0.3) is 10.9 Å². The maximum absolute atomic E-state index is 12.6. The zero-order chi connectivity index (χ0) is 19.7. The molecule has 0 aliphatic carbocycles. The predicted octanol–water partition coefficient (Wildman–Crippen LogP) is 5.35. The first-order chi connectivity index (χ1) is 13.4. The van der Waals surface area contributed by atoms with Crippen LogP contribution >= 0.6 is 18.7 Å². The number of hydrogen-bond acceptors (Lipinski definition) is 5. The number of fused-ring (bicyclic) bond motifs is 1. The quantitative estimate of drug-likeness (QED) is 0.386. The molecule has 0 unspecified atom stereocenters. The van der Waals surface area contributed by atoms with Gasteiger partial charge in [0, 0.05) is 22.4 Å². The second-order valence-corrected chi connectivity index (χ2v) is 10.3. The highest BCUT2D eigenvalue weighted by Crippen LogP contribution is 2.38. The van der Waals surface area contributed by atoms with Crippen molar-refractivity contribution in [2.24, 2.45) is 0 Å². The van der Waals surface area contributed by atoms with Crippen LogP contribution in [-0.4, -0.2) is 28.3 Å². The Bertz CT molecular complexity index is 1200. The number of nitrogens with one attached hydrogen (secondary N) is 3. The average molecular weight is 412 g/mol. The van der Waals surface area contributed by atoms with Crippen LogP contribution in [0.2, 0.25) is 5.02 Å². The van der Waals surface area contributed by atoms with Crippen LogP contribution in [0, 0.1) is 0 Å². The van der Waals surface area contributed by atoms with E-state index in [-0.39, 0.29) is 0 Å². The van der Waals surface area contributed by atoms with E-state index >= 15 is 0 Å². The van der Waals surface area contributed by atoms with Gasteiger partial charge in [-0.3, -0.25) is 0 Å². The van der Waals surface area contributed by atoms with Crippen LogP contribution in [0.5, 0.6) is 0 Å². The first kappa shape index (κ1) is 18.5. The Morgan fingerprint density at radius 3 is 2.61 bits per heavy atom. The molecular formula is C20H19ClN5OP. The minimum atomic E-state index is -2.46. The van der Waals surface area contributed by atoms with Crippen molar-refractivity contribution in [2.45, 2.75) is 0 Å². The molecule has 6 nitrogen and oxygen atoms in total. The number of benzene rings is 2. The molecule has 0 saturated carbocycles. The summed E-state index contributed by atoms with van der Waals surface area (Å²) in [6, 6.07) is 15.4. The van der Waals surface area contributed by atoms with Gasteiger partial charge in [0.25, 0.3) is 0 Å². The van der Waals surface area contributed by atoms with E-state index in [2.05, 4.69) is 25.6 Å². The third-order valence-corrected chi connectivity index (χ3v) is 6.15. The zero-order valence-corrected chi connectivity index (χ0v) is 17.1. The Hall–Kier alpha value is -2.82. The summed E-state index contributed by atoms with van der Waals surface area (Å²) in [7, 11) is -2.46. The maximum Gasteiger partial charge on any atom is 0.229 e. The van der Waals surface area contributed by atoms with Gasteiger partial charge in [0.1, 0.15) is 12.2 Å². The van der Waals surface area contributed by atoms with Crippen LogP contribution in [0.1, 0.15) is 0 Å². The minimum Gasteiger partial charge on any atom is -0.361 e. The van der Waals surface area contributed by atoms with Gasteiger partial charge in [-0.1, -0.05) is 29.8 Å². The first-order valence-corrected chi connectivity index (χ1v) is 11.7. The molecule has 0 bridgehead atoms. The Morgan fingerprint density at radius 1 is 1.00 bits per heavy atom. The number of aromatic amines is 1. The van der Waals surface area contributed by atoms with E-state index in [0.29, 0.717) is 16.8 Å². The summed E-state index contributed by atoms with van der Waals surface area (Å²) in [5, 5.41) is 8.60. The number of rotatable bonds is 5. The van der Waals surface area contributed by atoms with Gasteiger partial charge in [-0.05, 0) is 43.7 Å². The van der Waals surface area contributed by atoms with E-state index in [9.17, 15) is 4.57 Å². The van der Waals surface area contributed by atoms with Crippen molar-refractivity contribution in [1.29, 1.82) is 0 Å². The maximum atomic E-state index is 12.6. The molecule has 0 fully saturated rings. The summed E-state index contributed by atoms with van der Waals surface area (Å²) >= 11 is 6.30. The molecular weight excluding hydrogens is 393 g/mol. The molecule has 28 heavy (non-hydrogen) atoms. The van der Waals surface area contributed by atoms with Crippen LogP contribution < -0.4 is 15.9 Å². The number of hydrogen-bond donors (Lipinski definition) is 3. The Morgan fingerprint density at radius 2 is 1.79 bits per heavy atom. The van der Waals surface area contributed by atoms with Crippen LogP contribution in [0.15, 0.2) is 60.9 Å². The number of H-pyrrole nitrogens is 1. The van der Waals surface area contributed by atoms with Gasteiger partial charge in [0.15, 0.2) is 5.82 Å². The molecule has 8 heteroatoms. The van der Waals surface area contributed by atoms with Crippen molar-refractivity contribution in [1.82, 2.24) is 15.0 Å². The van der Waals surface area contributed by atoms with Crippen molar-refractivity contribution < 1.29 is 4.57 Å². The second kappa shape index (κ2) is 7.30. The lowest BCUT2D eigenvalue weighted by Gasteiger charge is -2.16. The van der Waals surface area contributed by atoms with Gasteiger partial charge in [0.05, 0.1) is 17.6 Å². The largest absolute Gasteiger partial charge is 0.361 e. The summed E-state index contributed by atoms with van der Waals surface area (Å²) in [4.78, 5) is 12.0. The summed E-state index contributed by atoms with van der Waals surface area (Å²) in [5.74, 6) is 0.857. The van der Waals surface area contributed by atoms with Gasteiger partial charge in [-0.2, -0.15) is 4.98 Å². The monoisotopic (exact) mass is 411 g/mol. The lowest BCUT2D eigenvalue weighted by atomic mass is 10.2. The molecule has 0 aliphatic heterocycles. The number of aromatic nitrogens is 3. The van der Waals surface area contributed by atoms with Gasteiger partial charge >= 0.3 is 0 Å². The fourth-order valence-corrected chi connectivity index (χ4v) is 4.30. The molecule has 4 rings (SSSR count). The van der Waals surface area contributed by atoms with Crippen molar-refractivity contribution in [3.63, 3.8) is 0 Å². The molecule has 4 aromatic rings. The fraction of sp³-hybridized carbons (Fsp3) is 0.100. The third kappa shape index (κ3) is 3.75. The van der Waals surface area contributed by atoms with E-state index in [1.807, 2.05) is 54.7 Å². The minimum absolute atomic E-state index is 0.377. The molecule has 0 spiro atoms. The summed E-state index contributed by atoms with van der Waals surface area (Å²) < 4.78 is 12.6. The van der Waals surface area contributed by atoms with Crippen molar-refractivity contribution in [2.75, 3.05) is 24.0 Å². The van der Waals surface area contributed by atoms with E-state index in [1.54, 1.807) is 13.3 Å². The lowest BCUT2D eigenvalue weighted by molar-refractivity contribution is 0.588. The van der Waals surface area contributed by atoms with Crippen molar-refractivity contribution in [3.05, 3.63) is 65.9 Å². The first-order valence-electron chi connectivity index (χ1n) is 8.69. The highest BCUT2D eigenvalue weighted by molar-refractivity contribution is 7.70. The third-order valence-electron chi connectivity index (χ3n) is 4.32. The van der Waals surface area contributed by atoms with Crippen LogP contribution in [-0.2, 0) is 4.57 Å². The standard InChI is InChI=1S/C20H19ClN5OP/c1-28(2,27)18-9-4-3-6-17(18)24-19-14(21)12-23-20(26-19)25-16-8-5-7-15-13(16)10-11-22-15/h3-12,22H,1-2H3,(H2,23,24,25,26). The number of halogens is 1. The average Bonchev–Trinajstić information content (AvgIpc) is 3.14. The molecule has 0 aliphatic rings. The molecule has 0 saturated heterocycles. The highest BCUT2D eigenvalue weighted by atomic mass is 35.5. The molecule has 3 N–H and O–H groups in total. The van der Waals surface area contributed by atoms with Gasteiger partial charge in [-0.25, -0.2) is 4.98 Å².